The summed E-state index contributed by atoms with van der Waals surface area (Å²) in [6.45, 7) is 6.69. The number of aliphatic hydroxyl groups is 1. The van der Waals surface area contributed by atoms with E-state index in [1.165, 1.54) is 12.0 Å². The lowest BCUT2D eigenvalue weighted by atomic mass is 9.73. The molecule has 3 atom stereocenters. The molecule has 0 bridgehead atoms. The first-order chi connectivity index (χ1) is 8.49. The first-order valence-corrected chi connectivity index (χ1v) is 7.71. The molecule has 2 heteroatoms. The number of rotatable bonds is 2. The Morgan fingerprint density at radius 3 is 2.39 bits per heavy atom. The second-order valence-corrected chi connectivity index (χ2v) is 6.89. The number of halogens is 1. The van der Waals surface area contributed by atoms with Crippen LogP contribution in [0.4, 0.5) is 0 Å². The fraction of sp³-hybridized carbons (Fsp3) is 0.625. The minimum absolute atomic E-state index is 0.329. The summed E-state index contributed by atoms with van der Waals surface area (Å²) in [5.74, 6) is 1.87. The first-order valence-electron chi connectivity index (χ1n) is 6.92. The van der Waals surface area contributed by atoms with Gasteiger partial charge in [-0.05, 0) is 55.1 Å². The molecule has 0 spiro atoms. The van der Waals surface area contributed by atoms with Gasteiger partial charge in [-0.2, -0.15) is 0 Å². The Morgan fingerprint density at radius 1 is 1.17 bits per heavy atom. The largest absolute Gasteiger partial charge is 0.388 e. The van der Waals surface area contributed by atoms with E-state index in [0.29, 0.717) is 5.92 Å². The van der Waals surface area contributed by atoms with Crippen molar-refractivity contribution in [2.24, 2.45) is 17.8 Å². The third kappa shape index (κ3) is 2.97. The maximum Gasteiger partial charge on any atom is 0.0829 e. The summed E-state index contributed by atoms with van der Waals surface area (Å²) in [5.41, 5.74) is 2.25. The number of hydrogen-bond donors (Lipinski definition) is 1. The average molecular weight is 311 g/mol. The summed E-state index contributed by atoms with van der Waals surface area (Å²) in [6, 6.07) is 6.16. The van der Waals surface area contributed by atoms with E-state index in [1.807, 2.05) is 12.1 Å². The van der Waals surface area contributed by atoms with Crippen LogP contribution in [0.3, 0.4) is 0 Å². The zero-order valence-corrected chi connectivity index (χ0v) is 13.1. The fourth-order valence-electron chi connectivity index (χ4n) is 3.42. The molecule has 2 rings (SSSR count). The highest BCUT2D eigenvalue weighted by Gasteiger charge is 2.30. The van der Waals surface area contributed by atoms with E-state index in [0.717, 1.165) is 34.7 Å². The molecule has 0 radical (unpaired) electrons. The predicted octanol–water partition coefficient (Wildman–Crippen LogP) is 4.86. The molecule has 1 aromatic carbocycles. The zero-order valence-electron chi connectivity index (χ0n) is 11.5. The van der Waals surface area contributed by atoms with Crippen molar-refractivity contribution in [1.82, 2.24) is 0 Å². The van der Waals surface area contributed by atoms with Crippen molar-refractivity contribution in [3.8, 4) is 0 Å². The standard InChI is InChI=1S/C16H23BrO/c1-10-7-11(2)9-13(8-10)16(18)14-6-4-5-12(3)15(14)17/h4-6,10-11,13,16,18H,7-9H2,1-3H3. The Kier molecular flexibility index (Phi) is 4.50. The number of hydrogen-bond acceptors (Lipinski definition) is 1. The maximum absolute atomic E-state index is 10.7. The van der Waals surface area contributed by atoms with E-state index in [2.05, 4.69) is 42.8 Å². The Hall–Kier alpha value is -0.340. The maximum atomic E-state index is 10.7. The van der Waals surface area contributed by atoms with Gasteiger partial charge in [0.25, 0.3) is 0 Å². The third-order valence-electron chi connectivity index (χ3n) is 4.20. The van der Waals surface area contributed by atoms with Crippen LogP contribution in [0.5, 0.6) is 0 Å². The van der Waals surface area contributed by atoms with E-state index in [9.17, 15) is 5.11 Å². The molecule has 3 unspecified atom stereocenters. The lowest BCUT2D eigenvalue weighted by molar-refractivity contribution is 0.0546. The van der Waals surface area contributed by atoms with Crippen molar-refractivity contribution >= 4 is 15.9 Å². The van der Waals surface area contributed by atoms with Crippen LogP contribution in [-0.4, -0.2) is 5.11 Å². The molecule has 1 nitrogen and oxygen atoms in total. The molecule has 1 saturated carbocycles. The lowest BCUT2D eigenvalue weighted by Crippen LogP contribution is -2.25. The summed E-state index contributed by atoms with van der Waals surface area (Å²) >= 11 is 3.62. The SMILES string of the molecule is Cc1cccc(C(O)C2CC(C)CC(C)C2)c1Br. The highest BCUT2D eigenvalue weighted by molar-refractivity contribution is 9.10. The summed E-state index contributed by atoms with van der Waals surface area (Å²) < 4.78 is 1.07. The van der Waals surface area contributed by atoms with Crippen LogP contribution in [0.25, 0.3) is 0 Å². The van der Waals surface area contributed by atoms with Gasteiger partial charge < -0.3 is 5.11 Å². The minimum Gasteiger partial charge on any atom is -0.388 e. The molecule has 1 fully saturated rings. The van der Waals surface area contributed by atoms with Crippen molar-refractivity contribution in [3.63, 3.8) is 0 Å². The van der Waals surface area contributed by atoms with Crippen LogP contribution in [0.1, 0.15) is 50.3 Å². The summed E-state index contributed by atoms with van der Waals surface area (Å²) in [7, 11) is 0. The highest BCUT2D eigenvalue weighted by Crippen LogP contribution is 2.41. The van der Waals surface area contributed by atoms with Crippen LogP contribution in [0.15, 0.2) is 22.7 Å². The molecule has 1 aliphatic rings. The van der Waals surface area contributed by atoms with Crippen LogP contribution in [0.2, 0.25) is 0 Å². The van der Waals surface area contributed by atoms with Gasteiger partial charge in [0.2, 0.25) is 0 Å². The number of aliphatic hydroxyl groups excluding tert-OH is 1. The van der Waals surface area contributed by atoms with E-state index in [4.69, 9.17) is 0 Å². The Morgan fingerprint density at radius 2 is 1.78 bits per heavy atom. The third-order valence-corrected chi connectivity index (χ3v) is 5.29. The smallest absolute Gasteiger partial charge is 0.0829 e. The molecule has 1 aromatic rings. The van der Waals surface area contributed by atoms with Crippen LogP contribution >= 0.6 is 15.9 Å². The fourth-order valence-corrected chi connectivity index (χ4v) is 3.92. The molecular formula is C16H23BrO. The first kappa shape index (κ1) is 14.1. The Labute approximate surface area is 119 Å². The molecule has 0 saturated heterocycles. The minimum atomic E-state index is -0.329. The van der Waals surface area contributed by atoms with Gasteiger partial charge in [-0.3, -0.25) is 0 Å². The van der Waals surface area contributed by atoms with Crippen molar-refractivity contribution in [1.29, 1.82) is 0 Å². The number of benzene rings is 1. The average Bonchev–Trinajstić information content (AvgIpc) is 2.30. The zero-order chi connectivity index (χ0) is 13.3. The van der Waals surface area contributed by atoms with Gasteiger partial charge in [-0.25, -0.2) is 0 Å². The van der Waals surface area contributed by atoms with Gasteiger partial charge in [-0.1, -0.05) is 48.0 Å². The lowest BCUT2D eigenvalue weighted by Gasteiger charge is -2.34. The molecule has 0 amide bonds. The van der Waals surface area contributed by atoms with E-state index in [-0.39, 0.29) is 6.10 Å². The highest BCUT2D eigenvalue weighted by atomic mass is 79.9. The Balaban J connectivity index is 2.20. The monoisotopic (exact) mass is 310 g/mol. The summed E-state index contributed by atoms with van der Waals surface area (Å²) in [4.78, 5) is 0. The van der Waals surface area contributed by atoms with Crippen molar-refractivity contribution in [3.05, 3.63) is 33.8 Å². The van der Waals surface area contributed by atoms with Crippen molar-refractivity contribution in [2.45, 2.75) is 46.1 Å². The van der Waals surface area contributed by atoms with E-state index in [1.54, 1.807) is 0 Å². The molecule has 1 N–H and O–H groups in total. The van der Waals surface area contributed by atoms with Crippen molar-refractivity contribution < 1.29 is 5.11 Å². The van der Waals surface area contributed by atoms with Gasteiger partial charge in [0.15, 0.2) is 0 Å². The molecule has 0 heterocycles. The van der Waals surface area contributed by atoms with Crippen LogP contribution in [0, 0.1) is 24.7 Å². The van der Waals surface area contributed by atoms with E-state index < -0.39 is 0 Å². The van der Waals surface area contributed by atoms with Gasteiger partial charge in [0.1, 0.15) is 0 Å². The van der Waals surface area contributed by atoms with Crippen LogP contribution in [-0.2, 0) is 0 Å². The molecule has 1 aliphatic carbocycles. The van der Waals surface area contributed by atoms with Gasteiger partial charge in [-0.15, -0.1) is 0 Å². The normalized spacial score (nSPS) is 30.2. The summed E-state index contributed by atoms with van der Waals surface area (Å²) in [6.07, 6.45) is 3.26. The van der Waals surface area contributed by atoms with Gasteiger partial charge in [0, 0.05) is 4.47 Å². The quantitative estimate of drug-likeness (QED) is 0.826. The second-order valence-electron chi connectivity index (χ2n) is 6.10. The number of aryl methyl sites for hydroxylation is 1. The second kappa shape index (κ2) is 5.75. The van der Waals surface area contributed by atoms with E-state index >= 15 is 0 Å². The molecule has 100 valence electrons. The van der Waals surface area contributed by atoms with Crippen LogP contribution < -0.4 is 0 Å². The predicted molar refractivity (Wildman–Crippen MR) is 79.5 cm³/mol. The molecule has 18 heavy (non-hydrogen) atoms. The van der Waals surface area contributed by atoms with Gasteiger partial charge >= 0.3 is 0 Å². The van der Waals surface area contributed by atoms with Crippen molar-refractivity contribution in [2.75, 3.05) is 0 Å². The molecule has 0 aromatic heterocycles. The summed E-state index contributed by atoms with van der Waals surface area (Å²) in [5, 5.41) is 10.7. The Bertz CT molecular complexity index is 406. The molecular weight excluding hydrogens is 288 g/mol. The molecule has 0 aliphatic heterocycles. The topological polar surface area (TPSA) is 20.2 Å². The van der Waals surface area contributed by atoms with Gasteiger partial charge in [0.05, 0.1) is 6.10 Å².